The molecule has 0 aliphatic heterocycles. The molecule has 4 nitrogen and oxygen atoms in total. The quantitative estimate of drug-likeness (QED) is 0.885. The van der Waals surface area contributed by atoms with Gasteiger partial charge in [0.05, 0.1) is 5.56 Å². The number of nitrogens with two attached hydrogens (primary N) is 1. The lowest BCUT2D eigenvalue weighted by atomic mass is 10.2. The zero-order chi connectivity index (χ0) is 12.3. The van der Waals surface area contributed by atoms with Gasteiger partial charge in [-0.05, 0) is 25.1 Å². The van der Waals surface area contributed by atoms with E-state index in [0.29, 0.717) is 18.8 Å². The maximum absolute atomic E-state index is 13.4. The fraction of sp³-hybridized carbons (Fsp3) is 0.273. The van der Waals surface area contributed by atoms with Crippen molar-refractivity contribution in [3.8, 4) is 11.5 Å². The molecule has 1 aromatic heterocycles. The van der Waals surface area contributed by atoms with Crippen LogP contribution in [0.15, 0.2) is 22.7 Å². The van der Waals surface area contributed by atoms with Crippen LogP contribution in [0.1, 0.15) is 12.2 Å². The number of rotatable bonds is 4. The molecule has 0 amide bonds. The first kappa shape index (κ1) is 11.7. The first-order valence-electron chi connectivity index (χ1n) is 5.19. The van der Waals surface area contributed by atoms with E-state index in [2.05, 4.69) is 10.1 Å². The third kappa shape index (κ3) is 2.65. The Labute approximate surface area is 96.4 Å². The van der Waals surface area contributed by atoms with Crippen LogP contribution in [0.4, 0.5) is 8.78 Å². The molecule has 0 atom stereocenters. The molecule has 1 heterocycles. The molecule has 6 heteroatoms. The topological polar surface area (TPSA) is 64.9 Å². The van der Waals surface area contributed by atoms with Crippen molar-refractivity contribution in [2.45, 2.75) is 12.8 Å². The maximum Gasteiger partial charge on any atom is 0.260 e. The third-order valence-corrected chi connectivity index (χ3v) is 2.23. The smallest absolute Gasteiger partial charge is 0.260 e. The first-order chi connectivity index (χ1) is 8.20. The molecule has 0 saturated heterocycles. The van der Waals surface area contributed by atoms with E-state index in [4.69, 9.17) is 10.3 Å². The van der Waals surface area contributed by atoms with Gasteiger partial charge in [-0.15, -0.1) is 0 Å². The fourth-order valence-corrected chi connectivity index (χ4v) is 1.39. The number of aryl methyl sites for hydroxylation is 1. The van der Waals surface area contributed by atoms with Crippen LogP contribution in [0.3, 0.4) is 0 Å². The molecule has 0 fully saturated rings. The molecule has 90 valence electrons. The lowest BCUT2D eigenvalue weighted by Crippen LogP contribution is -2.01. The Kier molecular flexibility index (Phi) is 3.43. The second kappa shape index (κ2) is 5.01. The van der Waals surface area contributed by atoms with Crippen LogP contribution in [0, 0.1) is 11.6 Å². The summed E-state index contributed by atoms with van der Waals surface area (Å²) in [7, 11) is 0. The van der Waals surface area contributed by atoms with Gasteiger partial charge >= 0.3 is 0 Å². The lowest BCUT2D eigenvalue weighted by molar-refractivity contribution is 0.419. The normalized spacial score (nSPS) is 10.8. The lowest BCUT2D eigenvalue weighted by Gasteiger charge is -1.96. The van der Waals surface area contributed by atoms with Gasteiger partial charge in [-0.1, -0.05) is 5.16 Å². The van der Waals surface area contributed by atoms with Crippen LogP contribution in [0.5, 0.6) is 0 Å². The molecule has 2 N–H and O–H groups in total. The Morgan fingerprint density at radius 2 is 2.12 bits per heavy atom. The Morgan fingerprint density at radius 3 is 2.82 bits per heavy atom. The monoisotopic (exact) mass is 239 g/mol. The largest absolute Gasteiger partial charge is 0.334 e. The van der Waals surface area contributed by atoms with Crippen molar-refractivity contribution >= 4 is 0 Å². The van der Waals surface area contributed by atoms with Gasteiger partial charge in [-0.3, -0.25) is 0 Å². The summed E-state index contributed by atoms with van der Waals surface area (Å²) in [6.45, 7) is 0.523. The molecule has 0 bridgehead atoms. The average Bonchev–Trinajstić information content (AvgIpc) is 2.75. The van der Waals surface area contributed by atoms with Crippen LogP contribution in [-0.4, -0.2) is 16.7 Å². The number of hydrogen-bond donors (Lipinski definition) is 1. The summed E-state index contributed by atoms with van der Waals surface area (Å²) >= 11 is 0. The van der Waals surface area contributed by atoms with E-state index in [1.807, 2.05) is 0 Å². The summed E-state index contributed by atoms with van der Waals surface area (Å²) in [5.41, 5.74) is 5.44. The average molecular weight is 239 g/mol. The van der Waals surface area contributed by atoms with E-state index in [-0.39, 0.29) is 11.5 Å². The number of nitrogens with zero attached hydrogens (tertiary/aromatic N) is 2. The van der Waals surface area contributed by atoms with Crippen LogP contribution in [0.25, 0.3) is 11.5 Å². The molecule has 1 aromatic carbocycles. The molecule has 0 unspecified atom stereocenters. The molecule has 0 aliphatic carbocycles. The SMILES string of the molecule is NCCCc1noc(-c2ccc(F)cc2F)n1. The van der Waals surface area contributed by atoms with Crippen molar-refractivity contribution in [1.29, 1.82) is 0 Å². The minimum absolute atomic E-state index is 0.0505. The van der Waals surface area contributed by atoms with Crippen molar-refractivity contribution in [1.82, 2.24) is 10.1 Å². The number of hydrogen-bond acceptors (Lipinski definition) is 4. The molecule has 0 radical (unpaired) electrons. The zero-order valence-electron chi connectivity index (χ0n) is 8.99. The fourth-order valence-electron chi connectivity index (χ4n) is 1.39. The minimum Gasteiger partial charge on any atom is -0.334 e. The van der Waals surface area contributed by atoms with Gasteiger partial charge in [0.1, 0.15) is 11.6 Å². The van der Waals surface area contributed by atoms with Gasteiger partial charge in [0.2, 0.25) is 0 Å². The van der Waals surface area contributed by atoms with E-state index in [1.165, 1.54) is 6.07 Å². The molecule has 0 saturated carbocycles. The van der Waals surface area contributed by atoms with E-state index in [0.717, 1.165) is 18.6 Å². The number of aromatic nitrogens is 2. The zero-order valence-corrected chi connectivity index (χ0v) is 8.99. The second-order valence-corrected chi connectivity index (χ2v) is 3.53. The Balaban J connectivity index is 2.24. The van der Waals surface area contributed by atoms with Crippen molar-refractivity contribution in [3.63, 3.8) is 0 Å². The minimum atomic E-state index is -0.723. The van der Waals surface area contributed by atoms with Crippen molar-refractivity contribution < 1.29 is 13.3 Å². The van der Waals surface area contributed by atoms with Crippen molar-refractivity contribution in [3.05, 3.63) is 35.7 Å². The van der Waals surface area contributed by atoms with Crippen LogP contribution >= 0.6 is 0 Å². The van der Waals surface area contributed by atoms with Gasteiger partial charge < -0.3 is 10.3 Å². The highest BCUT2D eigenvalue weighted by atomic mass is 19.1. The second-order valence-electron chi connectivity index (χ2n) is 3.53. The molecular formula is C11H11F2N3O. The highest BCUT2D eigenvalue weighted by Crippen LogP contribution is 2.21. The van der Waals surface area contributed by atoms with Gasteiger partial charge in [-0.25, -0.2) is 8.78 Å². The van der Waals surface area contributed by atoms with Crippen LogP contribution < -0.4 is 5.73 Å². The van der Waals surface area contributed by atoms with E-state index < -0.39 is 11.6 Å². The molecule has 17 heavy (non-hydrogen) atoms. The van der Waals surface area contributed by atoms with Crippen LogP contribution in [0.2, 0.25) is 0 Å². The number of halogens is 2. The van der Waals surface area contributed by atoms with E-state index >= 15 is 0 Å². The Morgan fingerprint density at radius 1 is 1.29 bits per heavy atom. The van der Waals surface area contributed by atoms with Crippen LogP contribution in [-0.2, 0) is 6.42 Å². The summed E-state index contributed by atoms with van der Waals surface area (Å²) < 4.78 is 31.0. The van der Waals surface area contributed by atoms with Gasteiger partial charge in [-0.2, -0.15) is 4.98 Å². The van der Waals surface area contributed by atoms with E-state index in [9.17, 15) is 8.78 Å². The summed E-state index contributed by atoms with van der Waals surface area (Å²) in [5.74, 6) is -0.850. The standard InChI is InChI=1S/C11H11F2N3O/c12-7-3-4-8(9(13)6-7)11-15-10(16-17-11)2-1-5-14/h3-4,6H,1-2,5,14H2. The van der Waals surface area contributed by atoms with Crippen molar-refractivity contribution in [2.24, 2.45) is 5.73 Å². The summed E-state index contributed by atoms with van der Waals surface area (Å²) in [4.78, 5) is 4.01. The predicted octanol–water partition coefficient (Wildman–Crippen LogP) is 1.91. The predicted molar refractivity (Wildman–Crippen MR) is 57.0 cm³/mol. The van der Waals surface area contributed by atoms with Gasteiger partial charge in [0.15, 0.2) is 5.82 Å². The third-order valence-electron chi connectivity index (χ3n) is 2.23. The molecule has 2 rings (SSSR count). The van der Waals surface area contributed by atoms with Gasteiger partial charge in [0.25, 0.3) is 5.89 Å². The summed E-state index contributed by atoms with van der Waals surface area (Å²) in [6, 6.07) is 3.19. The Hall–Kier alpha value is -1.82. The summed E-state index contributed by atoms with van der Waals surface area (Å²) in [5, 5.41) is 3.69. The Bertz CT molecular complexity index is 513. The van der Waals surface area contributed by atoms with E-state index in [1.54, 1.807) is 0 Å². The first-order valence-corrected chi connectivity index (χ1v) is 5.19. The maximum atomic E-state index is 13.4. The molecule has 0 spiro atoms. The number of benzene rings is 1. The highest BCUT2D eigenvalue weighted by molar-refractivity contribution is 5.53. The highest BCUT2D eigenvalue weighted by Gasteiger charge is 2.13. The summed E-state index contributed by atoms with van der Waals surface area (Å²) in [6.07, 6.45) is 1.30. The molecule has 2 aromatic rings. The molecular weight excluding hydrogens is 228 g/mol. The van der Waals surface area contributed by atoms with Crippen molar-refractivity contribution in [2.75, 3.05) is 6.54 Å². The van der Waals surface area contributed by atoms with Gasteiger partial charge in [0, 0.05) is 12.5 Å². The molecule has 0 aliphatic rings.